The first-order chi connectivity index (χ1) is 10.2. The minimum Gasteiger partial charge on any atom is -0.489 e. The van der Waals surface area contributed by atoms with Gasteiger partial charge in [0, 0.05) is 12.1 Å². The molecule has 1 aliphatic carbocycles. The number of rotatable bonds is 4. The molecule has 1 aromatic rings. The second kappa shape index (κ2) is 6.55. The molecule has 2 fully saturated rings. The highest BCUT2D eigenvalue weighted by Gasteiger charge is 2.40. The van der Waals surface area contributed by atoms with Gasteiger partial charge in [0.1, 0.15) is 12.4 Å². The van der Waals surface area contributed by atoms with Gasteiger partial charge in [0.05, 0.1) is 16.7 Å². The molecule has 0 radical (unpaired) electrons. The molecule has 0 bridgehead atoms. The second-order valence-corrected chi connectivity index (χ2v) is 6.67. The van der Waals surface area contributed by atoms with Crippen LogP contribution in [0.2, 0.25) is 5.02 Å². The third-order valence-electron chi connectivity index (χ3n) is 4.79. The zero-order valence-electron chi connectivity index (χ0n) is 12.4. The Kier molecular flexibility index (Phi) is 4.72. The predicted molar refractivity (Wildman–Crippen MR) is 84.8 cm³/mol. The fourth-order valence-electron chi connectivity index (χ4n) is 3.63. The van der Waals surface area contributed by atoms with Crippen molar-refractivity contribution in [2.45, 2.75) is 63.2 Å². The number of hydrogen-bond acceptors (Lipinski definition) is 3. The van der Waals surface area contributed by atoms with E-state index in [1.165, 1.54) is 38.5 Å². The van der Waals surface area contributed by atoms with Crippen molar-refractivity contribution in [2.75, 3.05) is 6.61 Å². The van der Waals surface area contributed by atoms with E-state index < -0.39 is 0 Å². The summed E-state index contributed by atoms with van der Waals surface area (Å²) in [5.74, 6) is 0.717. The van der Waals surface area contributed by atoms with Crippen molar-refractivity contribution < 1.29 is 9.47 Å². The Morgan fingerprint density at radius 2 is 2.05 bits per heavy atom. The summed E-state index contributed by atoms with van der Waals surface area (Å²) in [6, 6.07) is 5.70. The summed E-state index contributed by atoms with van der Waals surface area (Å²) in [4.78, 5) is 0. The van der Waals surface area contributed by atoms with E-state index in [0.717, 1.165) is 17.7 Å². The van der Waals surface area contributed by atoms with Gasteiger partial charge in [-0.05, 0) is 31.7 Å². The molecule has 3 nitrogen and oxygen atoms in total. The van der Waals surface area contributed by atoms with Crippen molar-refractivity contribution in [3.05, 3.63) is 28.8 Å². The SMILES string of the molecule is NCc1cccc(Cl)c1OCC1CCC2(CCCCC2)O1. The molecule has 1 spiro atoms. The Morgan fingerprint density at radius 3 is 2.81 bits per heavy atom. The number of para-hydroxylation sites is 1. The van der Waals surface area contributed by atoms with Crippen molar-refractivity contribution in [1.82, 2.24) is 0 Å². The van der Waals surface area contributed by atoms with Crippen molar-refractivity contribution in [2.24, 2.45) is 5.73 Å². The van der Waals surface area contributed by atoms with Gasteiger partial charge in [0.15, 0.2) is 0 Å². The van der Waals surface area contributed by atoms with Crippen molar-refractivity contribution in [1.29, 1.82) is 0 Å². The van der Waals surface area contributed by atoms with Crippen LogP contribution in [0.4, 0.5) is 0 Å². The molecule has 2 aliphatic rings. The van der Waals surface area contributed by atoms with Crippen LogP contribution < -0.4 is 10.5 Å². The first-order valence-corrected chi connectivity index (χ1v) is 8.38. The van der Waals surface area contributed by atoms with Crippen molar-refractivity contribution in [3.8, 4) is 5.75 Å². The molecule has 2 N–H and O–H groups in total. The first kappa shape index (κ1) is 15.1. The molecule has 0 aromatic heterocycles. The van der Waals surface area contributed by atoms with Crippen LogP contribution in [0.3, 0.4) is 0 Å². The Labute approximate surface area is 131 Å². The summed E-state index contributed by atoms with van der Waals surface area (Å²) in [6.07, 6.45) is 8.82. The molecule has 1 aromatic carbocycles. The highest BCUT2D eigenvalue weighted by Crippen LogP contribution is 2.42. The van der Waals surface area contributed by atoms with Crippen LogP contribution in [0.1, 0.15) is 50.5 Å². The maximum Gasteiger partial charge on any atom is 0.142 e. The monoisotopic (exact) mass is 309 g/mol. The Balaban J connectivity index is 1.59. The summed E-state index contributed by atoms with van der Waals surface area (Å²) in [5, 5.41) is 0.628. The number of ether oxygens (including phenoxy) is 2. The quantitative estimate of drug-likeness (QED) is 0.912. The maximum absolute atomic E-state index is 6.33. The van der Waals surface area contributed by atoms with Crippen LogP contribution >= 0.6 is 11.6 Å². The predicted octanol–water partition coefficient (Wildman–Crippen LogP) is 4.06. The highest BCUT2D eigenvalue weighted by atomic mass is 35.5. The van der Waals surface area contributed by atoms with E-state index in [2.05, 4.69) is 0 Å². The highest BCUT2D eigenvalue weighted by molar-refractivity contribution is 6.32. The Hall–Kier alpha value is -0.770. The summed E-state index contributed by atoms with van der Waals surface area (Å²) in [6.45, 7) is 1.00. The number of benzene rings is 1. The van der Waals surface area contributed by atoms with Crippen LogP contribution in [-0.2, 0) is 11.3 Å². The zero-order chi connectivity index (χ0) is 14.7. The molecule has 116 valence electrons. The van der Waals surface area contributed by atoms with Gasteiger partial charge in [-0.15, -0.1) is 0 Å². The molecule has 1 unspecified atom stereocenters. The van der Waals surface area contributed by atoms with E-state index in [-0.39, 0.29) is 11.7 Å². The molecule has 1 saturated carbocycles. The fraction of sp³-hybridized carbons (Fsp3) is 0.647. The van der Waals surface area contributed by atoms with Gasteiger partial charge in [-0.25, -0.2) is 0 Å². The van der Waals surface area contributed by atoms with E-state index >= 15 is 0 Å². The van der Waals surface area contributed by atoms with Crippen LogP contribution in [0, 0.1) is 0 Å². The number of hydrogen-bond donors (Lipinski definition) is 1. The molecule has 3 rings (SSSR count). The lowest BCUT2D eigenvalue weighted by Crippen LogP contribution is -2.33. The molecular weight excluding hydrogens is 286 g/mol. The van der Waals surface area contributed by atoms with E-state index in [9.17, 15) is 0 Å². The zero-order valence-corrected chi connectivity index (χ0v) is 13.2. The average Bonchev–Trinajstić information content (AvgIpc) is 2.89. The molecule has 1 atom stereocenters. The number of halogens is 1. The molecule has 1 heterocycles. The molecule has 1 aliphatic heterocycles. The average molecular weight is 310 g/mol. The molecule has 0 amide bonds. The minimum absolute atomic E-state index is 0.142. The van der Waals surface area contributed by atoms with Gasteiger partial charge >= 0.3 is 0 Å². The smallest absolute Gasteiger partial charge is 0.142 e. The first-order valence-electron chi connectivity index (χ1n) is 8.00. The summed E-state index contributed by atoms with van der Waals surface area (Å²) in [7, 11) is 0. The third kappa shape index (κ3) is 3.36. The topological polar surface area (TPSA) is 44.5 Å². The molecule has 4 heteroatoms. The van der Waals surface area contributed by atoms with Crippen molar-refractivity contribution in [3.63, 3.8) is 0 Å². The molecule has 1 saturated heterocycles. The van der Waals surface area contributed by atoms with Crippen LogP contribution in [0.15, 0.2) is 18.2 Å². The van der Waals surface area contributed by atoms with E-state index in [0.29, 0.717) is 18.2 Å². The lowest BCUT2D eigenvalue weighted by molar-refractivity contribution is -0.0749. The van der Waals surface area contributed by atoms with Crippen molar-refractivity contribution >= 4 is 11.6 Å². The van der Waals surface area contributed by atoms with E-state index in [4.69, 9.17) is 26.8 Å². The van der Waals surface area contributed by atoms with Crippen LogP contribution in [0.25, 0.3) is 0 Å². The van der Waals surface area contributed by atoms with Gasteiger partial charge in [-0.3, -0.25) is 0 Å². The number of nitrogens with two attached hydrogens (primary N) is 1. The lowest BCUT2D eigenvalue weighted by atomic mass is 9.83. The third-order valence-corrected chi connectivity index (χ3v) is 5.08. The maximum atomic E-state index is 6.33. The van der Waals surface area contributed by atoms with E-state index in [1.54, 1.807) is 0 Å². The summed E-state index contributed by atoms with van der Waals surface area (Å²) < 4.78 is 12.3. The Bertz CT molecular complexity index is 486. The summed E-state index contributed by atoms with van der Waals surface area (Å²) in [5.41, 5.74) is 6.84. The summed E-state index contributed by atoms with van der Waals surface area (Å²) >= 11 is 6.21. The lowest BCUT2D eigenvalue weighted by Gasteiger charge is -2.33. The van der Waals surface area contributed by atoms with Gasteiger partial charge < -0.3 is 15.2 Å². The normalized spacial score (nSPS) is 24.4. The fourth-order valence-corrected chi connectivity index (χ4v) is 3.88. The largest absolute Gasteiger partial charge is 0.489 e. The van der Waals surface area contributed by atoms with Crippen LogP contribution in [0.5, 0.6) is 5.75 Å². The minimum atomic E-state index is 0.142. The molecule has 21 heavy (non-hydrogen) atoms. The van der Waals surface area contributed by atoms with Gasteiger partial charge in [-0.1, -0.05) is 43.0 Å². The van der Waals surface area contributed by atoms with Gasteiger partial charge in [-0.2, -0.15) is 0 Å². The Morgan fingerprint density at radius 1 is 1.24 bits per heavy atom. The van der Waals surface area contributed by atoms with E-state index in [1.807, 2.05) is 18.2 Å². The molecular formula is C17H24ClNO2. The van der Waals surface area contributed by atoms with Gasteiger partial charge in [0.25, 0.3) is 0 Å². The van der Waals surface area contributed by atoms with Gasteiger partial charge in [0.2, 0.25) is 0 Å². The van der Waals surface area contributed by atoms with Crippen LogP contribution in [-0.4, -0.2) is 18.3 Å². The standard InChI is InChI=1S/C17H24ClNO2/c18-15-6-4-5-13(11-19)16(15)20-12-14-7-10-17(21-14)8-2-1-3-9-17/h4-6,14H,1-3,7-12,19H2. The second-order valence-electron chi connectivity index (χ2n) is 6.27.